The highest BCUT2D eigenvalue weighted by Gasteiger charge is 2.14. The molecule has 0 amide bonds. The number of imidazole rings is 1. The number of nitrogens with two attached hydrogens (primary N) is 1. The molecule has 0 fully saturated rings. The lowest BCUT2D eigenvalue weighted by Gasteiger charge is -2.05. The van der Waals surface area contributed by atoms with Crippen LogP contribution < -0.4 is 5.73 Å². The van der Waals surface area contributed by atoms with Crippen LogP contribution in [0.15, 0.2) is 41.2 Å². The molecule has 0 radical (unpaired) electrons. The molecule has 2 aromatic heterocycles. The van der Waals surface area contributed by atoms with Gasteiger partial charge in [0.15, 0.2) is 0 Å². The lowest BCUT2D eigenvalue weighted by Crippen LogP contribution is -1.97. The second-order valence-corrected chi connectivity index (χ2v) is 4.12. The standard InChI is InChI=1S/C13H13N5O/c1-18-7-6-15-13(18)10-5-3-2-4-9(10)12-16-11(8-14)19-17-12/h2-7H,8,14H2,1H3. The van der Waals surface area contributed by atoms with E-state index < -0.39 is 0 Å². The lowest BCUT2D eigenvalue weighted by atomic mass is 10.1. The van der Waals surface area contributed by atoms with Crippen LogP contribution in [0, 0.1) is 0 Å². The van der Waals surface area contributed by atoms with Crippen molar-refractivity contribution in [3.63, 3.8) is 0 Å². The maximum Gasteiger partial charge on any atom is 0.240 e. The molecule has 2 N–H and O–H groups in total. The van der Waals surface area contributed by atoms with Gasteiger partial charge in [-0.3, -0.25) is 0 Å². The summed E-state index contributed by atoms with van der Waals surface area (Å²) < 4.78 is 7.00. The van der Waals surface area contributed by atoms with Crippen LogP contribution in [0.5, 0.6) is 0 Å². The summed E-state index contributed by atoms with van der Waals surface area (Å²) in [5.74, 6) is 1.80. The molecule has 2 heterocycles. The number of hydrogen-bond acceptors (Lipinski definition) is 5. The SMILES string of the molecule is Cn1ccnc1-c1ccccc1-c1noc(CN)n1. The lowest BCUT2D eigenvalue weighted by molar-refractivity contribution is 0.380. The van der Waals surface area contributed by atoms with E-state index in [1.807, 2.05) is 42.1 Å². The van der Waals surface area contributed by atoms with Crippen molar-refractivity contribution in [2.45, 2.75) is 6.54 Å². The van der Waals surface area contributed by atoms with E-state index >= 15 is 0 Å². The van der Waals surface area contributed by atoms with E-state index in [0.29, 0.717) is 11.7 Å². The normalized spacial score (nSPS) is 10.8. The average Bonchev–Trinajstić information content (AvgIpc) is 3.07. The fourth-order valence-electron chi connectivity index (χ4n) is 1.95. The van der Waals surface area contributed by atoms with E-state index in [0.717, 1.165) is 17.0 Å². The first-order valence-corrected chi connectivity index (χ1v) is 5.89. The van der Waals surface area contributed by atoms with Gasteiger partial charge in [0.2, 0.25) is 11.7 Å². The van der Waals surface area contributed by atoms with Crippen molar-refractivity contribution in [3.05, 3.63) is 42.5 Å². The van der Waals surface area contributed by atoms with Crippen molar-refractivity contribution < 1.29 is 4.52 Å². The Morgan fingerprint density at radius 1 is 1.26 bits per heavy atom. The Morgan fingerprint density at radius 3 is 2.68 bits per heavy atom. The molecule has 0 saturated carbocycles. The Morgan fingerprint density at radius 2 is 2.05 bits per heavy atom. The Balaban J connectivity index is 2.15. The van der Waals surface area contributed by atoms with Crippen molar-refractivity contribution in [2.75, 3.05) is 0 Å². The summed E-state index contributed by atoms with van der Waals surface area (Å²) in [5, 5.41) is 3.95. The second kappa shape index (κ2) is 4.66. The van der Waals surface area contributed by atoms with Gasteiger partial charge in [0.25, 0.3) is 0 Å². The Bertz CT molecular complexity index is 700. The van der Waals surface area contributed by atoms with Gasteiger partial charge < -0.3 is 14.8 Å². The zero-order chi connectivity index (χ0) is 13.2. The molecule has 0 aliphatic heterocycles. The molecular weight excluding hydrogens is 242 g/mol. The summed E-state index contributed by atoms with van der Waals surface area (Å²) in [7, 11) is 1.95. The molecule has 0 aliphatic rings. The zero-order valence-electron chi connectivity index (χ0n) is 10.4. The summed E-state index contributed by atoms with van der Waals surface area (Å²) in [6, 6.07) is 7.81. The van der Waals surface area contributed by atoms with Crippen LogP contribution in [0.3, 0.4) is 0 Å². The number of aromatic nitrogens is 4. The predicted octanol–water partition coefficient (Wildman–Crippen LogP) is 1.60. The molecule has 0 spiro atoms. The van der Waals surface area contributed by atoms with Crippen LogP contribution in [0.4, 0.5) is 0 Å². The third kappa shape index (κ3) is 2.02. The highest BCUT2D eigenvalue weighted by Crippen LogP contribution is 2.28. The van der Waals surface area contributed by atoms with E-state index in [2.05, 4.69) is 15.1 Å². The van der Waals surface area contributed by atoms with Gasteiger partial charge in [0, 0.05) is 30.6 Å². The third-order valence-electron chi connectivity index (χ3n) is 2.87. The van der Waals surface area contributed by atoms with Gasteiger partial charge in [-0.1, -0.05) is 29.4 Å². The zero-order valence-corrected chi connectivity index (χ0v) is 10.4. The highest BCUT2D eigenvalue weighted by atomic mass is 16.5. The van der Waals surface area contributed by atoms with E-state index in [1.165, 1.54) is 0 Å². The number of aryl methyl sites for hydroxylation is 1. The van der Waals surface area contributed by atoms with Gasteiger partial charge in [0.05, 0.1) is 6.54 Å². The number of rotatable bonds is 3. The summed E-state index contributed by atoms with van der Waals surface area (Å²) in [4.78, 5) is 8.61. The number of benzene rings is 1. The molecule has 6 nitrogen and oxygen atoms in total. The van der Waals surface area contributed by atoms with Crippen LogP contribution in [-0.4, -0.2) is 19.7 Å². The minimum Gasteiger partial charge on any atom is -0.338 e. The molecule has 6 heteroatoms. The summed E-state index contributed by atoms with van der Waals surface area (Å²) in [6.07, 6.45) is 3.65. The first kappa shape index (κ1) is 11.6. The molecular formula is C13H13N5O. The summed E-state index contributed by atoms with van der Waals surface area (Å²) in [5.41, 5.74) is 7.32. The van der Waals surface area contributed by atoms with Crippen LogP contribution in [0.1, 0.15) is 5.89 Å². The van der Waals surface area contributed by atoms with Crippen molar-refractivity contribution >= 4 is 0 Å². The molecule has 96 valence electrons. The first-order chi connectivity index (χ1) is 9.29. The fraction of sp³-hybridized carbons (Fsp3) is 0.154. The third-order valence-corrected chi connectivity index (χ3v) is 2.87. The topological polar surface area (TPSA) is 82.8 Å². The maximum absolute atomic E-state index is 5.49. The molecule has 19 heavy (non-hydrogen) atoms. The molecule has 0 bridgehead atoms. The van der Waals surface area contributed by atoms with Crippen molar-refractivity contribution in [2.24, 2.45) is 12.8 Å². The van der Waals surface area contributed by atoms with E-state index in [9.17, 15) is 0 Å². The van der Waals surface area contributed by atoms with Crippen LogP contribution in [0.2, 0.25) is 0 Å². The van der Waals surface area contributed by atoms with Gasteiger partial charge in [-0.05, 0) is 0 Å². The van der Waals surface area contributed by atoms with Crippen molar-refractivity contribution in [3.8, 4) is 22.8 Å². The maximum atomic E-state index is 5.49. The fourth-order valence-corrected chi connectivity index (χ4v) is 1.95. The highest BCUT2D eigenvalue weighted by molar-refractivity contribution is 5.76. The van der Waals surface area contributed by atoms with Gasteiger partial charge in [-0.15, -0.1) is 0 Å². The first-order valence-electron chi connectivity index (χ1n) is 5.89. The minimum atomic E-state index is 0.234. The minimum absolute atomic E-state index is 0.234. The van der Waals surface area contributed by atoms with Crippen LogP contribution in [0.25, 0.3) is 22.8 Å². The summed E-state index contributed by atoms with van der Waals surface area (Å²) in [6.45, 7) is 0.234. The smallest absolute Gasteiger partial charge is 0.240 e. The Kier molecular flexibility index (Phi) is 2.85. The van der Waals surface area contributed by atoms with Crippen LogP contribution >= 0.6 is 0 Å². The quantitative estimate of drug-likeness (QED) is 0.768. The van der Waals surface area contributed by atoms with Gasteiger partial charge in [-0.25, -0.2) is 4.98 Å². The second-order valence-electron chi connectivity index (χ2n) is 4.12. The van der Waals surface area contributed by atoms with Crippen molar-refractivity contribution in [1.29, 1.82) is 0 Å². The van der Waals surface area contributed by atoms with Crippen LogP contribution in [-0.2, 0) is 13.6 Å². The van der Waals surface area contributed by atoms with E-state index in [4.69, 9.17) is 10.3 Å². The predicted molar refractivity (Wildman–Crippen MR) is 69.8 cm³/mol. The monoisotopic (exact) mass is 255 g/mol. The summed E-state index contributed by atoms with van der Waals surface area (Å²) >= 11 is 0. The largest absolute Gasteiger partial charge is 0.338 e. The van der Waals surface area contributed by atoms with Gasteiger partial charge in [-0.2, -0.15) is 4.98 Å². The Labute approximate surface area is 109 Å². The number of nitrogens with zero attached hydrogens (tertiary/aromatic N) is 4. The van der Waals surface area contributed by atoms with E-state index in [-0.39, 0.29) is 6.54 Å². The molecule has 0 aliphatic carbocycles. The van der Waals surface area contributed by atoms with Gasteiger partial charge in [0.1, 0.15) is 5.82 Å². The molecule has 3 rings (SSSR count). The van der Waals surface area contributed by atoms with E-state index in [1.54, 1.807) is 6.20 Å². The van der Waals surface area contributed by atoms with Crippen molar-refractivity contribution in [1.82, 2.24) is 19.7 Å². The molecule has 0 atom stereocenters. The molecule has 3 aromatic rings. The van der Waals surface area contributed by atoms with Gasteiger partial charge >= 0.3 is 0 Å². The molecule has 1 aromatic carbocycles. The average molecular weight is 255 g/mol. The Hall–Kier alpha value is -2.47. The number of hydrogen-bond donors (Lipinski definition) is 1. The molecule has 0 unspecified atom stereocenters. The molecule has 0 saturated heterocycles.